The zero-order valence-electron chi connectivity index (χ0n) is 19.2. The summed E-state index contributed by atoms with van der Waals surface area (Å²) >= 11 is 0. The summed E-state index contributed by atoms with van der Waals surface area (Å²) in [6.07, 6.45) is -0.118. The lowest BCUT2D eigenvalue weighted by Crippen LogP contribution is -2.51. The van der Waals surface area contributed by atoms with E-state index in [1.165, 1.54) is 14.2 Å². The number of rotatable bonds is 6. The van der Waals surface area contributed by atoms with Gasteiger partial charge >= 0.3 is 0 Å². The van der Waals surface area contributed by atoms with Crippen LogP contribution >= 0.6 is 0 Å². The van der Waals surface area contributed by atoms with Gasteiger partial charge in [0, 0.05) is 51.6 Å². The Morgan fingerprint density at radius 3 is 2.12 bits per heavy atom. The SMILES string of the molecule is COc1ccccc1N1CCN(C(=O)C[C@]2(c3ccccc3OC)CC(=O)N(C)C2=O)CC1. The Labute approximate surface area is 193 Å². The predicted octanol–water partition coefficient (Wildman–Crippen LogP) is 2.07. The highest BCUT2D eigenvalue weighted by atomic mass is 16.5. The van der Waals surface area contributed by atoms with Crippen LogP contribution in [0.5, 0.6) is 11.5 Å². The summed E-state index contributed by atoms with van der Waals surface area (Å²) < 4.78 is 11.0. The van der Waals surface area contributed by atoms with E-state index >= 15 is 0 Å². The maximum Gasteiger partial charge on any atom is 0.240 e. The van der Waals surface area contributed by atoms with E-state index in [1.54, 1.807) is 36.3 Å². The van der Waals surface area contributed by atoms with Crippen LogP contribution in [0.15, 0.2) is 48.5 Å². The Morgan fingerprint density at radius 2 is 1.52 bits per heavy atom. The zero-order valence-corrected chi connectivity index (χ0v) is 19.2. The Hall–Kier alpha value is -3.55. The van der Waals surface area contributed by atoms with Crippen molar-refractivity contribution < 1.29 is 23.9 Å². The van der Waals surface area contributed by atoms with Gasteiger partial charge in [-0.15, -0.1) is 0 Å². The molecular formula is C25H29N3O5. The van der Waals surface area contributed by atoms with Crippen LogP contribution in [0.25, 0.3) is 0 Å². The second kappa shape index (κ2) is 9.13. The molecule has 8 nitrogen and oxygen atoms in total. The van der Waals surface area contributed by atoms with E-state index in [4.69, 9.17) is 9.47 Å². The summed E-state index contributed by atoms with van der Waals surface area (Å²) in [7, 11) is 4.64. The molecule has 1 atom stereocenters. The van der Waals surface area contributed by atoms with Crippen molar-refractivity contribution in [3.8, 4) is 11.5 Å². The number of hydrogen-bond acceptors (Lipinski definition) is 6. The van der Waals surface area contributed by atoms with Gasteiger partial charge in [0.1, 0.15) is 11.5 Å². The fraction of sp³-hybridized carbons (Fsp3) is 0.400. The number of imide groups is 1. The van der Waals surface area contributed by atoms with Crippen LogP contribution < -0.4 is 14.4 Å². The fourth-order valence-electron chi connectivity index (χ4n) is 4.83. The van der Waals surface area contributed by atoms with Crippen molar-refractivity contribution in [3.63, 3.8) is 0 Å². The number of likely N-dealkylation sites (tertiary alicyclic amines) is 1. The molecule has 174 valence electrons. The maximum absolute atomic E-state index is 13.4. The standard InChI is InChI=1S/C25H29N3O5/c1-26-22(29)16-25(24(26)31,18-8-4-6-10-20(18)32-2)17-23(30)28-14-12-27(13-15-28)19-9-5-7-11-21(19)33-3/h4-11H,12-17H2,1-3H3/t25-/m0/s1. The third-order valence-corrected chi connectivity index (χ3v) is 6.67. The Morgan fingerprint density at radius 1 is 0.909 bits per heavy atom. The zero-order chi connectivity index (χ0) is 23.6. The number of likely N-dealkylation sites (N-methyl/N-ethyl adjacent to an activating group) is 1. The summed E-state index contributed by atoms with van der Waals surface area (Å²) in [5.41, 5.74) is 0.321. The highest BCUT2D eigenvalue weighted by molar-refractivity contribution is 6.10. The first-order valence-corrected chi connectivity index (χ1v) is 11.0. The minimum absolute atomic E-state index is 0.0460. The van der Waals surface area contributed by atoms with Gasteiger partial charge in [-0.1, -0.05) is 30.3 Å². The second-order valence-corrected chi connectivity index (χ2v) is 8.43. The quantitative estimate of drug-likeness (QED) is 0.626. The van der Waals surface area contributed by atoms with Crippen molar-refractivity contribution in [1.82, 2.24) is 9.80 Å². The first-order valence-electron chi connectivity index (χ1n) is 11.0. The number of hydrogen-bond donors (Lipinski definition) is 0. The molecule has 2 aromatic rings. The van der Waals surface area contributed by atoms with Crippen LogP contribution in [0.2, 0.25) is 0 Å². The molecule has 0 radical (unpaired) electrons. The van der Waals surface area contributed by atoms with Crippen molar-refractivity contribution in [1.29, 1.82) is 0 Å². The number of para-hydroxylation sites is 3. The average Bonchev–Trinajstić information content (AvgIpc) is 3.07. The molecule has 2 aromatic carbocycles. The molecule has 2 heterocycles. The van der Waals surface area contributed by atoms with Crippen LogP contribution in [-0.2, 0) is 19.8 Å². The molecule has 2 saturated heterocycles. The van der Waals surface area contributed by atoms with Crippen LogP contribution in [0.4, 0.5) is 5.69 Å². The van der Waals surface area contributed by atoms with E-state index in [1.807, 2.05) is 24.3 Å². The van der Waals surface area contributed by atoms with E-state index in [0.29, 0.717) is 37.5 Å². The molecule has 2 aliphatic heterocycles. The summed E-state index contributed by atoms with van der Waals surface area (Å²) in [6.45, 7) is 2.36. The summed E-state index contributed by atoms with van der Waals surface area (Å²) in [4.78, 5) is 44.3. The molecule has 0 aromatic heterocycles. The first kappa shape index (κ1) is 22.6. The van der Waals surface area contributed by atoms with Crippen molar-refractivity contribution >= 4 is 23.4 Å². The summed E-state index contributed by atoms with van der Waals surface area (Å²) in [6, 6.07) is 14.9. The molecule has 0 N–H and O–H groups in total. The number of carbonyl (C=O) groups is 3. The van der Waals surface area contributed by atoms with Gasteiger partial charge in [0.15, 0.2) is 0 Å². The van der Waals surface area contributed by atoms with Gasteiger partial charge in [-0.2, -0.15) is 0 Å². The lowest BCUT2D eigenvalue weighted by molar-refractivity contribution is -0.141. The van der Waals surface area contributed by atoms with E-state index in [9.17, 15) is 14.4 Å². The molecule has 0 saturated carbocycles. The van der Waals surface area contributed by atoms with Gasteiger partial charge in [0.25, 0.3) is 0 Å². The molecule has 0 unspecified atom stereocenters. The number of anilines is 1. The molecule has 0 spiro atoms. The number of carbonyl (C=O) groups excluding carboxylic acids is 3. The molecule has 0 bridgehead atoms. The normalized spacial score (nSPS) is 20.9. The Balaban J connectivity index is 1.54. The number of benzene rings is 2. The van der Waals surface area contributed by atoms with E-state index in [2.05, 4.69) is 4.90 Å². The van der Waals surface area contributed by atoms with Crippen molar-refractivity contribution in [2.75, 3.05) is 52.3 Å². The highest BCUT2D eigenvalue weighted by Gasteiger charge is 2.54. The van der Waals surface area contributed by atoms with Crippen molar-refractivity contribution in [3.05, 3.63) is 54.1 Å². The van der Waals surface area contributed by atoms with Gasteiger partial charge in [-0.25, -0.2) is 0 Å². The Kier molecular flexibility index (Phi) is 6.26. The van der Waals surface area contributed by atoms with Gasteiger partial charge < -0.3 is 19.3 Å². The van der Waals surface area contributed by atoms with Crippen molar-refractivity contribution in [2.24, 2.45) is 0 Å². The number of nitrogens with zero attached hydrogens (tertiary/aromatic N) is 3. The minimum Gasteiger partial charge on any atom is -0.496 e. The van der Waals surface area contributed by atoms with Crippen LogP contribution in [0.1, 0.15) is 18.4 Å². The molecular weight excluding hydrogens is 422 g/mol. The second-order valence-electron chi connectivity index (χ2n) is 8.43. The highest BCUT2D eigenvalue weighted by Crippen LogP contribution is 2.43. The van der Waals surface area contributed by atoms with Gasteiger partial charge in [0.05, 0.1) is 25.3 Å². The molecule has 2 aliphatic rings. The van der Waals surface area contributed by atoms with E-state index in [-0.39, 0.29) is 30.6 Å². The molecule has 33 heavy (non-hydrogen) atoms. The third-order valence-electron chi connectivity index (χ3n) is 6.67. The third kappa shape index (κ3) is 4.01. The smallest absolute Gasteiger partial charge is 0.240 e. The van der Waals surface area contributed by atoms with Gasteiger partial charge in [-0.3, -0.25) is 19.3 Å². The number of amides is 3. The van der Waals surface area contributed by atoms with E-state index < -0.39 is 5.41 Å². The van der Waals surface area contributed by atoms with Crippen LogP contribution in [0, 0.1) is 0 Å². The van der Waals surface area contributed by atoms with Gasteiger partial charge in [-0.05, 0) is 18.2 Å². The lowest BCUT2D eigenvalue weighted by Gasteiger charge is -2.38. The Bertz CT molecular complexity index is 1060. The number of piperazine rings is 1. The molecule has 2 fully saturated rings. The van der Waals surface area contributed by atoms with Crippen LogP contribution in [-0.4, -0.2) is 75.0 Å². The molecule has 3 amide bonds. The average molecular weight is 452 g/mol. The predicted molar refractivity (Wildman–Crippen MR) is 123 cm³/mol. The minimum atomic E-state index is -1.25. The topological polar surface area (TPSA) is 79.4 Å². The molecule has 4 rings (SSSR count). The fourth-order valence-corrected chi connectivity index (χ4v) is 4.83. The monoisotopic (exact) mass is 451 g/mol. The van der Waals surface area contributed by atoms with Crippen LogP contribution in [0.3, 0.4) is 0 Å². The number of methoxy groups -OCH3 is 2. The number of ether oxygens (including phenoxy) is 2. The van der Waals surface area contributed by atoms with Crippen molar-refractivity contribution in [2.45, 2.75) is 18.3 Å². The largest absolute Gasteiger partial charge is 0.496 e. The first-order chi connectivity index (χ1) is 15.9. The maximum atomic E-state index is 13.4. The molecule has 8 heteroatoms. The lowest BCUT2D eigenvalue weighted by atomic mass is 9.75. The molecule has 0 aliphatic carbocycles. The van der Waals surface area contributed by atoms with Gasteiger partial charge in [0.2, 0.25) is 17.7 Å². The summed E-state index contributed by atoms with van der Waals surface area (Å²) in [5.74, 6) is 0.503. The summed E-state index contributed by atoms with van der Waals surface area (Å²) in [5, 5.41) is 0. The van der Waals surface area contributed by atoms with E-state index in [0.717, 1.165) is 16.3 Å².